The summed E-state index contributed by atoms with van der Waals surface area (Å²) >= 11 is 6.17. The Balaban J connectivity index is 2.24. The summed E-state index contributed by atoms with van der Waals surface area (Å²) in [5.41, 5.74) is 1.90. The maximum Gasteiger partial charge on any atom is 0.218 e. The third kappa shape index (κ3) is 1.81. The maximum absolute atomic E-state index is 6.17. The molecule has 0 spiro atoms. The average Bonchev–Trinajstić information content (AvgIpc) is 2.66. The lowest BCUT2D eigenvalue weighted by molar-refractivity contribution is 1.23. The number of rotatable bonds is 1. The molecule has 4 heteroatoms. The molecule has 17 heavy (non-hydrogen) atoms. The molecule has 0 fully saturated rings. The summed E-state index contributed by atoms with van der Waals surface area (Å²) in [6.07, 6.45) is 4.01. The Morgan fingerprint density at radius 1 is 1.18 bits per heavy atom. The fourth-order valence-electron chi connectivity index (χ4n) is 1.78. The number of hydrogen-bond donors (Lipinski definition) is 0. The molecule has 0 saturated heterocycles. The number of aromatic nitrogens is 2. The van der Waals surface area contributed by atoms with Gasteiger partial charge in [-0.15, -0.1) is 0 Å². The molecule has 1 atom stereocenters. The highest BCUT2D eigenvalue weighted by Crippen LogP contribution is 2.35. The lowest BCUT2D eigenvalue weighted by Gasteiger charge is -1.98. The first kappa shape index (κ1) is 10.7. The van der Waals surface area contributed by atoms with Crippen molar-refractivity contribution >= 4 is 32.3 Å². The molecule has 2 nitrogen and oxygen atoms in total. The topological polar surface area (TPSA) is 25.8 Å². The number of aryl methyl sites for hydroxylation is 1. The van der Waals surface area contributed by atoms with Crippen molar-refractivity contribution in [2.45, 2.75) is 0 Å². The van der Waals surface area contributed by atoms with Gasteiger partial charge in [0, 0.05) is 5.56 Å². The van der Waals surface area contributed by atoms with Crippen molar-refractivity contribution in [2.24, 2.45) is 6.26 Å². The standard InChI is InChI=1S/C13H10ClN2S/c1-17-8-10(14)12-11(17)7-15-13(16-12)9-5-3-2-4-6-9/h2-8H,1H3/q+1. The van der Waals surface area contributed by atoms with Gasteiger partial charge < -0.3 is 0 Å². The van der Waals surface area contributed by atoms with Crippen molar-refractivity contribution in [1.29, 1.82) is 0 Å². The first-order valence-electron chi connectivity index (χ1n) is 5.20. The van der Waals surface area contributed by atoms with E-state index in [0.717, 1.165) is 26.6 Å². The van der Waals surface area contributed by atoms with Gasteiger partial charge in [-0.05, 0) is 10.5 Å². The molecular weight excluding hydrogens is 252 g/mol. The fraction of sp³-hybridized carbons (Fsp3) is 0.0769. The number of fused-ring (bicyclic) bond motifs is 1. The minimum absolute atomic E-state index is 0.0385. The summed E-state index contributed by atoms with van der Waals surface area (Å²) in [7, 11) is 0.0385. The molecule has 2 aromatic heterocycles. The molecule has 1 aromatic carbocycles. The van der Waals surface area contributed by atoms with Crippen molar-refractivity contribution in [3.05, 3.63) is 46.9 Å². The van der Waals surface area contributed by atoms with E-state index >= 15 is 0 Å². The number of nitrogens with zero attached hydrogens (tertiary/aromatic N) is 2. The van der Waals surface area contributed by atoms with Gasteiger partial charge >= 0.3 is 0 Å². The van der Waals surface area contributed by atoms with Gasteiger partial charge in [0.05, 0.1) is 6.20 Å². The van der Waals surface area contributed by atoms with Crippen molar-refractivity contribution in [1.82, 2.24) is 9.97 Å². The Kier molecular flexibility index (Phi) is 2.57. The van der Waals surface area contributed by atoms with E-state index < -0.39 is 0 Å². The summed E-state index contributed by atoms with van der Waals surface area (Å²) in [6.45, 7) is 0. The van der Waals surface area contributed by atoms with Crippen LogP contribution in [0.4, 0.5) is 0 Å². The highest BCUT2D eigenvalue weighted by molar-refractivity contribution is 7.34. The lowest BCUT2D eigenvalue weighted by atomic mass is 10.2. The van der Waals surface area contributed by atoms with E-state index in [1.54, 1.807) is 0 Å². The Hall–Kier alpha value is -1.45. The van der Waals surface area contributed by atoms with Gasteiger partial charge in [-0.3, -0.25) is 0 Å². The normalized spacial score (nSPS) is 12.0. The largest absolute Gasteiger partial charge is 0.231 e. The zero-order valence-electron chi connectivity index (χ0n) is 9.22. The van der Waals surface area contributed by atoms with Gasteiger partial charge in [0.2, 0.25) is 4.70 Å². The summed E-state index contributed by atoms with van der Waals surface area (Å²) in [5, 5.41) is 2.78. The molecule has 2 heterocycles. The molecule has 0 radical (unpaired) electrons. The smallest absolute Gasteiger partial charge is 0.218 e. The van der Waals surface area contributed by atoms with Gasteiger partial charge in [-0.2, -0.15) is 0 Å². The van der Waals surface area contributed by atoms with Gasteiger partial charge in [0.15, 0.2) is 16.7 Å². The first-order valence-corrected chi connectivity index (χ1v) is 7.28. The molecule has 0 amide bonds. The van der Waals surface area contributed by atoms with E-state index in [2.05, 4.69) is 16.2 Å². The van der Waals surface area contributed by atoms with Crippen LogP contribution >= 0.6 is 22.1 Å². The van der Waals surface area contributed by atoms with Crippen molar-refractivity contribution < 1.29 is 0 Å². The van der Waals surface area contributed by atoms with E-state index in [1.165, 1.54) is 0 Å². The van der Waals surface area contributed by atoms with Crippen molar-refractivity contribution in [3.8, 4) is 11.4 Å². The minimum atomic E-state index is 0.0385. The highest BCUT2D eigenvalue weighted by Gasteiger charge is 2.16. The number of thiophene rings is 1. The second-order valence-electron chi connectivity index (χ2n) is 3.80. The second kappa shape index (κ2) is 4.09. The van der Waals surface area contributed by atoms with Crippen LogP contribution in [0.25, 0.3) is 21.6 Å². The second-order valence-corrected chi connectivity index (χ2v) is 5.99. The molecule has 3 aromatic rings. The molecule has 0 aliphatic carbocycles. The van der Waals surface area contributed by atoms with E-state index in [4.69, 9.17) is 11.6 Å². The Morgan fingerprint density at radius 2 is 1.94 bits per heavy atom. The molecule has 0 aliphatic rings. The number of hydrogen-bond acceptors (Lipinski definition) is 2. The van der Waals surface area contributed by atoms with Gasteiger partial charge in [-0.25, -0.2) is 9.97 Å². The van der Waals surface area contributed by atoms with Crippen LogP contribution in [0.5, 0.6) is 0 Å². The minimum Gasteiger partial charge on any atom is -0.231 e. The van der Waals surface area contributed by atoms with Crippen LogP contribution in [0.2, 0.25) is 5.02 Å². The predicted molar refractivity (Wildman–Crippen MR) is 73.4 cm³/mol. The molecule has 84 valence electrons. The molecule has 3 rings (SSSR count). The molecular formula is C13H10ClN2S+. The van der Waals surface area contributed by atoms with E-state index in [-0.39, 0.29) is 10.5 Å². The predicted octanol–water partition coefficient (Wildman–Crippen LogP) is 4.24. The van der Waals surface area contributed by atoms with E-state index in [9.17, 15) is 0 Å². The maximum atomic E-state index is 6.17. The van der Waals surface area contributed by atoms with Gasteiger partial charge in [0.25, 0.3) is 0 Å². The molecule has 0 bridgehead atoms. The van der Waals surface area contributed by atoms with Crippen LogP contribution in [-0.2, 0) is 6.26 Å². The molecule has 0 saturated carbocycles. The summed E-state index contributed by atoms with van der Waals surface area (Å²) < 4.78 is 1.13. The van der Waals surface area contributed by atoms with Crippen LogP contribution in [-0.4, -0.2) is 9.97 Å². The summed E-state index contributed by atoms with van der Waals surface area (Å²) in [6, 6.07) is 9.94. The van der Waals surface area contributed by atoms with Crippen LogP contribution in [0, 0.1) is 0 Å². The van der Waals surface area contributed by atoms with Crippen LogP contribution in [0.3, 0.4) is 0 Å². The highest BCUT2D eigenvalue weighted by atomic mass is 35.5. The van der Waals surface area contributed by atoms with Gasteiger partial charge in [-0.1, -0.05) is 41.9 Å². The summed E-state index contributed by atoms with van der Waals surface area (Å²) in [4.78, 5) is 8.96. The Morgan fingerprint density at radius 3 is 2.71 bits per heavy atom. The Bertz CT molecular complexity index is 676. The monoisotopic (exact) mass is 261 g/mol. The summed E-state index contributed by atoms with van der Waals surface area (Å²) in [5.74, 6) is 0.731. The van der Waals surface area contributed by atoms with Gasteiger partial charge in [0.1, 0.15) is 11.3 Å². The van der Waals surface area contributed by atoms with Crippen molar-refractivity contribution in [3.63, 3.8) is 0 Å². The number of benzene rings is 1. The molecule has 0 N–H and O–H groups in total. The fourth-order valence-corrected chi connectivity index (χ4v) is 3.61. The molecule has 1 unspecified atom stereocenters. The van der Waals surface area contributed by atoms with E-state index in [0.29, 0.717) is 0 Å². The third-order valence-corrected chi connectivity index (χ3v) is 4.64. The number of halogens is 1. The van der Waals surface area contributed by atoms with E-state index in [1.807, 2.05) is 41.9 Å². The third-order valence-electron chi connectivity index (χ3n) is 2.64. The van der Waals surface area contributed by atoms with Crippen molar-refractivity contribution in [2.75, 3.05) is 0 Å². The van der Waals surface area contributed by atoms with Crippen LogP contribution in [0.1, 0.15) is 0 Å². The first-order chi connectivity index (χ1) is 8.25. The Labute approximate surface area is 107 Å². The average molecular weight is 262 g/mol. The van der Waals surface area contributed by atoms with Crippen LogP contribution in [0.15, 0.2) is 41.9 Å². The molecule has 0 aliphatic heterocycles. The zero-order valence-corrected chi connectivity index (χ0v) is 10.8. The zero-order chi connectivity index (χ0) is 11.8. The SMILES string of the molecule is C[s+]1cc(Cl)c2nc(-c3ccccc3)ncc21. The lowest BCUT2D eigenvalue weighted by Crippen LogP contribution is -1.87. The quantitative estimate of drug-likeness (QED) is 0.613. The van der Waals surface area contributed by atoms with Crippen LogP contribution < -0.4 is 0 Å².